The molecule has 1 aromatic rings. The minimum atomic E-state index is 0.197. The van der Waals surface area contributed by atoms with E-state index in [4.69, 9.17) is 22.1 Å². The summed E-state index contributed by atoms with van der Waals surface area (Å²) < 4.78 is 5.80. The van der Waals surface area contributed by atoms with E-state index in [1.807, 2.05) is 24.3 Å². The molecule has 3 heteroatoms. The molecule has 16 heavy (non-hydrogen) atoms. The van der Waals surface area contributed by atoms with Gasteiger partial charge in [0.15, 0.2) is 0 Å². The Kier molecular flexibility index (Phi) is 3.72. The number of nitrogens with two attached hydrogens (primary N) is 1. The number of hydrogen-bond acceptors (Lipinski definition) is 2. The second-order valence-electron chi connectivity index (χ2n) is 4.66. The van der Waals surface area contributed by atoms with Crippen LogP contribution in [0.4, 0.5) is 0 Å². The Labute approximate surface area is 102 Å². The van der Waals surface area contributed by atoms with Crippen molar-refractivity contribution in [1.29, 1.82) is 0 Å². The second-order valence-corrected chi connectivity index (χ2v) is 5.09. The fourth-order valence-corrected chi connectivity index (χ4v) is 2.51. The Morgan fingerprint density at radius 2 is 2.06 bits per heavy atom. The van der Waals surface area contributed by atoms with Gasteiger partial charge in [-0.2, -0.15) is 0 Å². The van der Waals surface area contributed by atoms with Gasteiger partial charge < -0.3 is 10.5 Å². The van der Waals surface area contributed by atoms with Crippen LogP contribution in [0.15, 0.2) is 24.3 Å². The lowest BCUT2D eigenvalue weighted by Crippen LogP contribution is -2.33. The van der Waals surface area contributed by atoms with E-state index in [0.717, 1.165) is 5.75 Å². The lowest BCUT2D eigenvalue weighted by molar-refractivity contribution is 0.157. The topological polar surface area (TPSA) is 35.2 Å². The molecular weight excluding hydrogens is 222 g/mol. The number of rotatable bonds is 4. The van der Waals surface area contributed by atoms with E-state index >= 15 is 0 Å². The fourth-order valence-electron chi connectivity index (χ4n) is 2.33. The van der Waals surface area contributed by atoms with Gasteiger partial charge in [0, 0.05) is 17.0 Å². The summed E-state index contributed by atoms with van der Waals surface area (Å²) >= 11 is 5.90. The zero-order chi connectivity index (χ0) is 11.4. The highest BCUT2D eigenvalue weighted by atomic mass is 35.5. The summed E-state index contributed by atoms with van der Waals surface area (Å²) in [6.07, 6.45) is 4.92. The maximum absolute atomic E-state index is 5.90. The normalized spacial score (nSPS) is 18.6. The van der Waals surface area contributed by atoms with Gasteiger partial charge in [-0.15, -0.1) is 0 Å². The first-order chi connectivity index (χ1) is 7.74. The monoisotopic (exact) mass is 239 g/mol. The molecule has 2 nitrogen and oxygen atoms in total. The van der Waals surface area contributed by atoms with Gasteiger partial charge in [0.1, 0.15) is 5.75 Å². The Hall–Kier alpha value is -0.730. The molecule has 2 N–H and O–H groups in total. The molecule has 0 unspecified atom stereocenters. The second kappa shape index (κ2) is 5.07. The Morgan fingerprint density at radius 1 is 1.31 bits per heavy atom. The van der Waals surface area contributed by atoms with E-state index < -0.39 is 0 Å². The predicted octanol–water partition coefficient (Wildman–Crippen LogP) is 3.24. The molecular formula is C13H18ClNO. The molecule has 0 radical (unpaired) electrons. The van der Waals surface area contributed by atoms with Crippen molar-refractivity contribution in [1.82, 2.24) is 0 Å². The lowest BCUT2D eigenvalue weighted by atomic mass is 9.87. The Bertz CT molecular complexity index is 348. The van der Waals surface area contributed by atoms with Crippen LogP contribution in [0, 0.1) is 5.41 Å². The molecule has 0 spiro atoms. The fraction of sp³-hybridized carbons (Fsp3) is 0.538. The van der Waals surface area contributed by atoms with Gasteiger partial charge in [0.2, 0.25) is 0 Å². The summed E-state index contributed by atoms with van der Waals surface area (Å²) in [5, 5.41) is 0.714. The van der Waals surface area contributed by atoms with Crippen molar-refractivity contribution in [2.24, 2.45) is 11.1 Å². The zero-order valence-corrected chi connectivity index (χ0v) is 10.2. The summed E-state index contributed by atoms with van der Waals surface area (Å²) in [5.74, 6) is 0.840. The molecule has 1 fully saturated rings. The highest BCUT2D eigenvalue weighted by Gasteiger charge is 2.33. The van der Waals surface area contributed by atoms with Crippen LogP contribution in [0.25, 0.3) is 0 Å². The molecule has 0 atom stereocenters. The number of benzene rings is 1. The van der Waals surface area contributed by atoms with E-state index in [-0.39, 0.29) is 5.41 Å². The van der Waals surface area contributed by atoms with Crippen LogP contribution in [-0.4, -0.2) is 13.2 Å². The van der Waals surface area contributed by atoms with Crippen LogP contribution in [0.1, 0.15) is 25.7 Å². The van der Waals surface area contributed by atoms with Crippen molar-refractivity contribution in [3.8, 4) is 5.75 Å². The van der Waals surface area contributed by atoms with Gasteiger partial charge in [-0.3, -0.25) is 0 Å². The van der Waals surface area contributed by atoms with Gasteiger partial charge in [-0.1, -0.05) is 30.5 Å². The quantitative estimate of drug-likeness (QED) is 0.876. The first-order valence-electron chi connectivity index (χ1n) is 5.83. The first kappa shape index (κ1) is 11.7. The molecule has 0 heterocycles. The number of hydrogen-bond donors (Lipinski definition) is 1. The van der Waals surface area contributed by atoms with E-state index in [9.17, 15) is 0 Å². The molecule has 1 aliphatic carbocycles. The largest absolute Gasteiger partial charge is 0.493 e. The third-order valence-electron chi connectivity index (χ3n) is 3.44. The highest BCUT2D eigenvalue weighted by Crippen LogP contribution is 2.37. The van der Waals surface area contributed by atoms with Crippen molar-refractivity contribution < 1.29 is 4.74 Å². The summed E-state index contributed by atoms with van der Waals surface area (Å²) in [6.45, 7) is 1.43. The molecule has 0 aliphatic heterocycles. The first-order valence-corrected chi connectivity index (χ1v) is 6.20. The molecule has 2 rings (SSSR count). The molecule has 1 aliphatic rings. The third kappa shape index (κ3) is 2.69. The van der Waals surface area contributed by atoms with Crippen LogP contribution in [0.3, 0.4) is 0 Å². The molecule has 1 aromatic carbocycles. The van der Waals surface area contributed by atoms with Crippen LogP contribution >= 0.6 is 11.6 Å². The molecule has 0 bridgehead atoms. The third-order valence-corrected chi connectivity index (χ3v) is 3.67. The minimum absolute atomic E-state index is 0.197. The summed E-state index contributed by atoms with van der Waals surface area (Å²) in [7, 11) is 0. The van der Waals surface area contributed by atoms with E-state index in [1.54, 1.807) is 0 Å². The molecule has 0 amide bonds. The Balaban J connectivity index is 1.95. The number of halogens is 1. The van der Waals surface area contributed by atoms with Gasteiger partial charge in [0.25, 0.3) is 0 Å². The van der Waals surface area contributed by atoms with Gasteiger partial charge >= 0.3 is 0 Å². The maximum atomic E-state index is 5.90. The van der Waals surface area contributed by atoms with Gasteiger partial charge in [0.05, 0.1) is 6.61 Å². The van der Waals surface area contributed by atoms with Crippen LogP contribution < -0.4 is 10.5 Å². The average Bonchev–Trinajstić information content (AvgIpc) is 2.76. The molecule has 88 valence electrons. The lowest BCUT2D eigenvalue weighted by Gasteiger charge is -2.27. The highest BCUT2D eigenvalue weighted by molar-refractivity contribution is 6.30. The van der Waals surface area contributed by atoms with Crippen molar-refractivity contribution in [2.75, 3.05) is 13.2 Å². The standard InChI is InChI=1S/C13H18ClNO/c14-11-4-3-5-12(8-11)16-10-13(9-15)6-1-2-7-13/h3-5,8H,1-2,6-7,9-10,15H2. The van der Waals surface area contributed by atoms with Crippen LogP contribution in [0.5, 0.6) is 5.75 Å². The van der Waals surface area contributed by atoms with Crippen LogP contribution in [-0.2, 0) is 0 Å². The van der Waals surface area contributed by atoms with E-state index in [0.29, 0.717) is 18.2 Å². The molecule has 0 saturated heterocycles. The summed E-state index contributed by atoms with van der Waals surface area (Å²) in [4.78, 5) is 0. The Morgan fingerprint density at radius 3 is 2.69 bits per heavy atom. The molecule has 0 aromatic heterocycles. The maximum Gasteiger partial charge on any atom is 0.120 e. The predicted molar refractivity (Wildman–Crippen MR) is 66.9 cm³/mol. The SMILES string of the molecule is NCC1(COc2cccc(Cl)c2)CCCC1. The summed E-state index contributed by atoms with van der Waals surface area (Å²) in [6, 6.07) is 7.54. The van der Waals surface area contributed by atoms with Gasteiger partial charge in [-0.05, 0) is 31.0 Å². The van der Waals surface area contributed by atoms with Crippen molar-refractivity contribution in [2.45, 2.75) is 25.7 Å². The molecule has 1 saturated carbocycles. The summed E-state index contributed by atoms with van der Waals surface area (Å²) in [5.41, 5.74) is 6.05. The van der Waals surface area contributed by atoms with Crippen molar-refractivity contribution in [3.63, 3.8) is 0 Å². The van der Waals surface area contributed by atoms with E-state index in [1.165, 1.54) is 25.7 Å². The van der Waals surface area contributed by atoms with E-state index in [2.05, 4.69) is 0 Å². The van der Waals surface area contributed by atoms with Crippen molar-refractivity contribution in [3.05, 3.63) is 29.3 Å². The minimum Gasteiger partial charge on any atom is -0.493 e. The van der Waals surface area contributed by atoms with Crippen molar-refractivity contribution >= 4 is 11.6 Å². The number of ether oxygens (including phenoxy) is 1. The van der Waals surface area contributed by atoms with Gasteiger partial charge in [-0.25, -0.2) is 0 Å². The van der Waals surface area contributed by atoms with Crippen LogP contribution in [0.2, 0.25) is 5.02 Å². The average molecular weight is 240 g/mol. The smallest absolute Gasteiger partial charge is 0.120 e. The zero-order valence-electron chi connectivity index (χ0n) is 9.42.